The Morgan fingerprint density at radius 1 is 1.32 bits per heavy atom. The molecule has 2 saturated heterocycles. The lowest BCUT2D eigenvalue weighted by molar-refractivity contribution is 0.197. The van der Waals surface area contributed by atoms with Gasteiger partial charge in [0.05, 0.1) is 11.6 Å². The van der Waals surface area contributed by atoms with Gasteiger partial charge in [-0.25, -0.2) is 9.78 Å². The van der Waals surface area contributed by atoms with Crippen molar-refractivity contribution in [3.05, 3.63) is 22.9 Å². The van der Waals surface area contributed by atoms with Gasteiger partial charge in [-0.1, -0.05) is 0 Å². The Labute approximate surface area is 129 Å². The van der Waals surface area contributed by atoms with E-state index < -0.39 is 0 Å². The molecule has 0 aromatic carbocycles. The standard InChI is InChI=1S/C16H19N5O/c17-8-12-7-11-3-1-2-4-14(11)19-15(12)20-5-6-21-13(10-20)9-18-16(21)22/h7,13H,1-6,9-10H2,(H,18,22). The van der Waals surface area contributed by atoms with Crippen molar-refractivity contribution in [2.45, 2.75) is 31.7 Å². The Bertz CT molecular complexity index is 665. The smallest absolute Gasteiger partial charge is 0.317 e. The van der Waals surface area contributed by atoms with E-state index in [9.17, 15) is 10.1 Å². The van der Waals surface area contributed by atoms with Gasteiger partial charge in [0, 0.05) is 31.9 Å². The van der Waals surface area contributed by atoms with Crippen LogP contribution in [-0.2, 0) is 12.8 Å². The zero-order valence-electron chi connectivity index (χ0n) is 12.5. The van der Waals surface area contributed by atoms with Crippen molar-refractivity contribution in [1.82, 2.24) is 15.2 Å². The molecule has 0 bridgehead atoms. The molecule has 6 heteroatoms. The van der Waals surface area contributed by atoms with Crippen LogP contribution in [0, 0.1) is 11.3 Å². The minimum absolute atomic E-state index is 0.0311. The van der Waals surface area contributed by atoms with Crippen LogP contribution in [0.3, 0.4) is 0 Å². The molecule has 6 nitrogen and oxygen atoms in total. The number of carbonyl (C=O) groups is 1. The number of rotatable bonds is 1. The molecule has 3 aliphatic rings. The zero-order chi connectivity index (χ0) is 15.1. The summed E-state index contributed by atoms with van der Waals surface area (Å²) in [6.07, 6.45) is 4.41. The molecule has 1 aliphatic carbocycles. The fourth-order valence-electron chi connectivity index (χ4n) is 3.74. The molecule has 1 aromatic heterocycles. The van der Waals surface area contributed by atoms with E-state index in [2.05, 4.69) is 16.3 Å². The maximum Gasteiger partial charge on any atom is 0.317 e. The van der Waals surface area contributed by atoms with Crippen molar-refractivity contribution < 1.29 is 4.79 Å². The molecule has 0 spiro atoms. The highest BCUT2D eigenvalue weighted by molar-refractivity contribution is 5.77. The van der Waals surface area contributed by atoms with Gasteiger partial charge in [-0.05, 0) is 37.3 Å². The van der Waals surface area contributed by atoms with E-state index in [1.165, 1.54) is 18.4 Å². The molecule has 114 valence electrons. The van der Waals surface area contributed by atoms with E-state index in [1.54, 1.807) is 0 Å². The third-order valence-electron chi connectivity index (χ3n) is 4.93. The second-order valence-corrected chi connectivity index (χ2v) is 6.26. The fraction of sp³-hybridized carbons (Fsp3) is 0.562. The number of aromatic nitrogens is 1. The molecule has 3 heterocycles. The van der Waals surface area contributed by atoms with Gasteiger partial charge in [0.2, 0.25) is 0 Å². The van der Waals surface area contributed by atoms with Crippen molar-refractivity contribution in [1.29, 1.82) is 5.26 Å². The number of nitriles is 1. The van der Waals surface area contributed by atoms with Crippen LogP contribution in [0.1, 0.15) is 29.7 Å². The highest BCUT2D eigenvalue weighted by Crippen LogP contribution is 2.28. The summed E-state index contributed by atoms with van der Waals surface area (Å²) in [7, 11) is 0. The summed E-state index contributed by atoms with van der Waals surface area (Å²) in [5.41, 5.74) is 3.07. The summed E-state index contributed by atoms with van der Waals surface area (Å²) >= 11 is 0. The molecule has 2 amide bonds. The molecule has 2 fully saturated rings. The minimum atomic E-state index is 0.0311. The summed E-state index contributed by atoms with van der Waals surface area (Å²) in [5, 5.41) is 12.4. The number of carbonyl (C=O) groups excluding carboxylic acids is 1. The number of anilines is 1. The van der Waals surface area contributed by atoms with E-state index in [1.807, 2.05) is 11.0 Å². The molecule has 1 atom stereocenters. The number of nitrogens with zero attached hydrogens (tertiary/aromatic N) is 4. The molecule has 4 rings (SSSR count). The molecule has 0 saturated carbocycles. The maximum atomic E-state index is 11.7. The summed E-state index contributed by atoms with van der Waals surface area (Å²) in [5.74, 6) is 0.808. The lowest BCUT2D eigenvalue weighted by Crippen LogP contribution is -2.52. The van der Waals surface area contributed by atoms with Crippen LogP contribution in [0.15, 0.2) is 6.07 Å². The predicted molar refractivity (Wildman–Crippen MR) is 81.7 cm³/mol. The maximum absolute atomic E-state index is 11.7. The van der Waals surface area contributed by atoms with E-state index in [-0.39, 0.29) is 12.1 Å². The molecular weight excluding hydrogens is 278 g/mol. The Hall–Kier alpha value is -2.29. The molecule has 22 heavy (non-hydrogen) atoms. The van der Waals surface area contributed by atoms with Crippen LogP contribution >= 0.6 is 0 Å². The summed E-state index contributed by atoms with van der Waals surface area (Å²) < 4.78 is 0. The first-order valence-corrected chi connectivity index (χ1v) is 7.98. The van der Waals surface area contributed by atoms with Crippen LogP contribution in [0.4, 0.5) is 10.6 Å². The number of hydrogen-bond acceptors (Lipinski definition) is 4. The number of piperazine rings is 1. The number of hydrogen-bond donors (Lipinski definition) is 1. The number of amides is 2. The number of urea groups is 1. The van der Waals surface area contributed by atoms with E-state index >= 15 is 0 Å². The quantitative estimate of drug-likeness (QED) is 0.841. The first kappa shape index (κ1) is 13.4. The Morgan fingerprint density at radius 2 is 2.18 bits per heavy atom. The van der Waals surface area contributed by atoms with Gasteiger partial charge in [-0.15, -0.1) is 0 Å². The van der Waals surface area contributed by atoms with Gasteiger partial charge in [0.25, 0.3) is 0 Å². The second-order valence-electron chi connectivity index (χ2n) is 6.26. The normalized spacial score (nSPS) is 23.6. The zero-order valence-corrected chi connectivity index (χ0v) is 12.5. The van der Waals surface area contributed by atoms with E-state index in [0.29, 0.717) is 18.7 Å². The molecule has 1 unspecified atom stereocenters. The van der Waals surface area contributed by atoms with Gasteiger partial charge in [0.1, 0.15) is 11.9 Å². The highest BCUT2D eigenvalue weighted by atomic mass is 16.2. The first-order valence-electron chi connectivity index (χ1n) is 7.98. The Morgan fingerprint density at radius 3 is 3.05 bits per heavy atom. The lowest BCUT2D eigenvalue weighted by atomic mass is 9.94. The number of fused-ring (bicyclic) bond motifs is 2. The Kier molecular flexibility index (Phi) is 3.14. The van der Waals surface area contributed by atoms with Crippen molar-refractivity contribution in [3.8, 4) is 6.07 Å². The average molecular weight is 297 g/mol. The van der Waals surface area contributed by atoms with Gasteiger partial charge < -0.3 is 15.1 Å². The SMILES string of the molecule is N#Cc1cc2c(nc1N1CCN3C(=O)NCC3C1)CCCC2. The molecule has 2 aliphatic heterocycles. The monoisotopic (exact) mass is 297 g/mol. The number of pyridine rings is 1. The molecular formula is C16H19N5O. The first-order chi connectivity index (χ1) is 10.8. The second kappa shape index (κ2) is 5.16. The minimum Gasteiger partial charge on any atom is -0.352 e. The molecule has 0 radical (unpaired) electrons. The van der Waals surface area contributed by atoms with Crippen LogP contribution < -0.4 is 10.2 Å². The molecule has 1 aromatic rings. The summed E-state index contributed by atoms with van der Waals surface area (Å²) in [4.78, 5) is 20.6. The largest absolute Gasteiger partial charge is 0.352 e. The van der Waals surface area contributed by atoms with Crippen LogP contribution in [0.2, 0.25) is 0 Å². The van der Waals surface area contributed by atoms with Gasteiger partial charge in [0.15, 0.2) is 0 Å². The van der Waals surface area contributed by atoms with Crippen molar-refractivity contribution in [2.75, 3.05) is 31.1 Å². The van der Waals surface area contributed by atoms with Crippen LogP contribution in [0.5, 0.6) is 0 Å². The fourth-order valence-corrected chi connectivity index (χ4v) is 3.74. The number of nitrogens with one attached hydrogen (secondary N) is 1. The third kappa shape index (κ3) is 2.08. The summed E-state index contributed by atoms with van der Waals surface area (Å²) in [6, 6.07) is 4.56. The van der Waals surface area contributed by atoms with Crippen molar-refractivity contribution in [2.24, 2.45) is 0 Å². The van der Waals surface area contributed by atoms with E-state index in [4.69, 9.17) is 4.98 Å². The molecule has 1 N–H and O–H groups in total. The van der Waals surface area contributed by atoms with Gasteiger partial charge >= 0.3 is 6.03 Å². The van der Waals surface area contributed by atoms with Crippen molar-refractivity contribution in [3.63, 3.8) is 0 Å². The van der Waals surface area contributed by atoms with E-state index in [0.717, 1.165) is 37.4 Å². The van der Waals surface area contributed by atoms with Crippen molar-refractivity contribution >= 4 is 11.8 Å². The topological polar surface area (TPSA) is 72.3 Å². The average Bonchev–Trinajstić information content (AvgIpc) is 2.94. The van der Waals surface area contributed by atoms with Crippen LogP contribution in [-0.4, -0.2) is 48.1 Å². The summed E-state index contributed by atoms with van der Waals surface area (Å²) in [6.45, 7) is 2.87. The highest BCUT2D eigenvalue weighted by Gasteiger charge is 2.36. The van der Waals surface area contributed by atoms with Gasteiger partial charge in [-0.2, -0.15) is 5.26 Å². The third-order valence-corrected chi connectivity index (χ3v) is 4.93. The number of aryl methyl sites for hydroxylation is 2. The Balaban J connectivity index is 1.65. The van der Waals surface area contributed by atoms with Gasteiger partial charge in [-0.3, -0.25) is 0 Å². The lowest BCUT2D eigenvalue weighted by Gasteiger charge is -2.37. The van der Waals surface area contributed by atoms with Crippen LogP contribution in [0.25, 0.3) is 0 Å². The predicted octanol–water partition coefficient (Wildman–Crippen LogP) is 1.05.